The smallest absolute Gasteiger partial charge is 0.306 e. The molecule has 338 valence electrons. The topological polar surface area (TPSA) is 78.9 Å². The van der Waals surface area contributed by atoms with Crippen LogP contribution in [0.1, 0.15) is 194 Å². The van der Waals surface area contributed by atoms with Crippen LogP contribution in [0.4, 0.5) is 0 Å². The lowest BCUT2D eigenvalue weighted by Crippen LogP contribution is -2.30. The Bertz CT molecular complexity index is 1280. The molecule has 0 aliphatic heterocycles. The summed E-state index contributed by atoms with van der Waals surface area (Å²) in [6, 6.07) is 0. The molecule has 1 atom stereocenters. The Morgan fingerprint density at radius 1 is 0.333 bits per heavy atom. The van der Waals surface area contributed by atoms with Gasteiger partial charge in [-0.25, -0.2) is 0 Å². The number of ether oxygens (including phenoxy) is 3. The Kier molecular flexibility index (Phi) is 44.6. The summed E-state index contributed by atoms with van der Waals surface area (Å²) >= 11 is 0. The van der Waals surface area contributed by atoms with E-state index in [-0.39, 0.29) is 31.1 Å². The van der Waals surface area contributed by atoms with E-state index in [0.717, 1.165) is 128 Å². The van der Waals surface area contributed by atoms with E-state index in [1.54, 1.807) is 0 Å². The fourth-order valence-electron chi connectivity index (χ4n) is 6.01. The number of unbranched alkanes of at least 4 members (excludes halogenated alkanes) is 12. The van der Waals surface area contributed by atoms with Crippen LogP contribution in [0.3, 0.4) is 0 Å². The van der Waals surface area contributed by atoms with E-state index in [4.69, 9.17) is 14.2 Å². The van der Waals surface area contributed by atoms with Gasteiger partial charge >= 0.3 is 17.9 Å². The number of esters is 3. The second-order valence-electron chi connectivity index (χ2n) is 15.2. The molecule has 0 aliphatic carbocycles. The van der Waals surface area contributed by atoms with E-state index >= 15 is 0 Å². The SMILES string of the molecule is CC/C=C\C/C=C\C/C=C\C/C=C\CCCCCC(=O)OCC(COC(=O)CCCC/C=C\C/C=C\C/C=C\CC)OC(=O)CCCCCCCCC/C=C\C/C=C\CC. The summed E-state index contributed by atoms with van der Waals surface area (Å²) in [6.45, 7) is 6.21. The van der Waals surface area contributed by atoms with Crippen LogP contribution in [-0.2, 0) is 28.6 Å². The highest BCUT2D eigenvalue weighted by Gasteiger charge is 2.19. The number of carbonyl (C=O) groups is 3. The highest BCUT2D eigenvalue weighted by Crippen LogP contribution is 2.13. The first-order valence-electron chi connectivity index (χ1n) is 23.9. The number of hydrogen-bond donors (Lipinski definition) is 0. The third-order valence-electron chi connectivity index (χ3n) is 9.50. The predicted molar refractivity (Wildman–Crippen MR) is 256 cm³/mol. The third kappa shape index (κ3) is 45.2. The third-order valence-corrected chi connectivity index (χ3v) is 9.50. The summed E-state index contributed by atoms with van der Waals surface area (Å²) < 4.78 is 16.7. The normalized spacial score (nSPS) is 13.1. The van der Waals surface area contributed by atoms with E-state index in [0.29, 0.717) is 19.3 Å². The molecule has 6 heteroatoms. The van der Waals surface area contributed by atoms with Gasteiger partial charge in [-0.05, 0) is 116 Å². The van der Waals surface area contributed by atoms with Gasteiger partial charge in [0.2, 0.25) is 0 Å². The number of rotatable bonds is 41. The number of allylic oxidation sites excluding steroid dienone is 18. The lowest BCUT2D eigenvalue weighted by atomic mass is 10.1. The molecule has 0 aromatic heterocycles. The summed E-state index contributed by atoms with van der Waals surface area (Å²) in [4.78, 5) is 37.8. The molecule has 0 spiro atoms. The molecule has 0 rings (SSSR count). The molecule has 0 saturated carbocycles. The Labute approximate surface area is 368 Å². The van der Waals surface area contributed by atoms with Crippen molar-refractivity contribution in [3.63, 3.8) is 0 Å². The van der Waals surface area contributed by atoms with Gasteiger partial charge in [-0.15, -0.1) is 0 Å². The quantitative estimate of drug-likeness (QED) is 0.0264. The van der Waals surface area contributed by atoms with Crippen LogP contribution in [-0.4, -0.2) is 37.2 Å². The van der Waals surface area contributed by atoms with Crippen LogP contribution in [0.15, 0.2) is 109 Å². The van der Waals surface area contributed by atoms with Crippen LogP contribution in [0.5, 0.6) is 0 Å². The maximum absolute atomic E-state index is 12.8. The summed E-state index contributed by atoms with van der Waals surface area (Å²) in [5.74, 6) is -0.999. The minimum absolute atomic E-state index is 0.113. The van der Waals surface area contributed by atoms with Crippen molar-refractivity contribution < 1.29 is 28.6 Å². The molecule has 0 radical (unpaired) electrons. The van der Waals surface area contributed by atoms with Gasteiger partial charge in [0.25, 0.3) is 0 Å². The van der Waals surface area contributed by atoms with Gasteiger partial charge in [0.05, 0.1) is 0 Å². The fourth-order valence-corrected chi connectivity index (χ4v) is 6.01. The lowest BCUT2D eigenvalue weighted by Gasteiger charge is -2.18. The minimum atomic E-state index is -0.811. The van der Waals surface area contributed by atoms with E-state index in [9.17, 15) is 14.4 Å². The first-order valence-corrected chi connectivity index (χ1v) is 23.9. The molecule has 0 aliphatic rings. The molecule has 0 aromatic carbocycles. The van der Waals surface area contributed by atoms with Gasteiger partial charge in [-0.3, -0.25) is 14.4 Å². The first-order chi connectivity index (χ1) is 29.5. The molecular weight excluding hydrogens is 745 g/mol. The van der Waals surface area contributed by atoms with E-state index in [1.807, 2.05) is 0 Å². The average molecular weight is 831 g/mol. The van der Waals surface area contributed by atoms with Crippen LogP contribution >= 0.6 is 0 Å². The predicted octanol–water partition coefficient (Wildman–Crippen LogP) is 15.6. The van der Waals surface area contributed by atoms with Crippen molar-refractivity contribution in [1.82, 2.24) is 0 Å². The monoisotopic (exact) mass is 831 g/mol. The Morgan fingerprint density at radius 3 is 0.983 bits per heavy atom. The minimum Gasteiger partial charge on any atom is -0.462 e. The van der Waals surface area contributed by atoms with Crippen molar-refractivity contribution >= 4 is 17.9 Å². The van der Waals surface area contributed by atoms with Gasteiger partial charge in [0.1, 0.15) is 13.2 Å². The molecule has 0 N–H and O–H groups in total. The zero-order valence-corrected chi connectivity index (χ0v) is 38.4. The summed E-state index contributed by atoms with van der Waals surface area (Å²) in [6.07, 6.45) is 63.6. The number of carbonyl (C=O) groups excluding carboxylic acids is 3. The van der Waals surface area contributed by atoms with Gasteiger partial charge in [0, 0.05) is 19.3 Å². The second-order valence-corrected chi connectivity index (χ2v) is 15.2. The number of hydrogen-bond acceptors (Lipinski definition) is 6. The Hall–Kier alpha value is -3.93. The van der Waals surface area contributed by atoms with Gasteiger partial charge < -0.3 is 14.2 Å². The van der Waals surface area contributed by atoms with E-state index in [2.05, 4.69) is 130 Å². The highest BCUT2D eigenvalue weighted by atomic mass is 16.6. The van der Waals surface area contributed by atoms with Gasteiger partial charge in [-0.2, -0.15) is 0 Å². The molecule has 0 saturated heterocycles. The molecule has 1 unspecified atom stereocenters. The molecular formula is C54H86O6. The molecule has 0 fully saturated rings. The van der Waals surface area contributed by atoms with Crippen LogP contribution in [0.25, 0.3) is 0 Å². The van der Waals surface area contributed by atoms with Crippen molar-refractivity contribution in [2.75, 3.05) is 13.2 Å². The van der Waals surface area contributed by atoms with Gasteiger partial charge in [-0.1, -0.05) is 169 Å². The molecule has 60 heavy (non-hydrogen) atoms. The summed E-state index contributed by atoms with van der Waals surface area (Å²) in [5, 5.41) is 0. The molecule has 0 heterocycles. The fraction of sp³-hybridized carbons (Fsp3) is 0.611. The Morgan fingerprint density at radius 2 is 0.600 bits per heavy atom. The molecule has 0 bridgehead atoms. The standard InChI is InChI=1S/C54H86O6/c1-4-7-10-13-16-19-22-25-27-28-30-32-35-38-41-44-47-53(56)59-50-51(49-58-52(55)46-43-40-37-34-31-24-21-18-15-12-9-6-3)60-54(57)48-45-42-39-36-33-29-26-23-20-17-14-11-8-5-2/h7-12,16-21,25,27,30-32,34,51H,4-6,13-15,22-24,26,28-29,33,35-50H2,1-3H3/b10-7-,11-8-,12-9-,19-16-,20-17-,21-18-,27-25-,32-30-,34-31-. The average Bonchev–Trinajstić information content (AvgIpc) is 3.24. The molecule has 0 amide bonds. The zero-order chi connectivity index (χ0) is 43.7. The largest absolute Gasteiger partial charge is 0.462 e. The molecule has 0 aromatic rings. The maximum atomic E-state index is 12.8. The van der Waals surface area contributed by atoms with Crippen LogP contribution < -0.4 is 0 Å². The Balaban J connectivity index is 4.51. The van der Waals surface area contributed by atoms with Crippen LogP contribution in [0.2, 0.25) is 0 Å². The van der Waals surface area contributed by atoms with E-state index in [1.165, 1.54) is 25.7 Å². The van der Waals surface area contributed by atoms with Crippen LogP contribution in [0, 0.1) is 0 Å². The van der Waals surface area contributed by atoms with Crippen molar-refractivity contribution in [2.45, 2.75) is 200 Å². The summed E-state index contributed by atoms with van der Waals surface area (Å²) in [5.41, 5.74) is 0. The van der Waals surface area contributed by atoms with Gasteiger partial charge in [0.15, 0.2) is 6.10 Å². The first kappa shape index (κ1) is 56.1. The highest BCUT2D eigenvalue weighted by molar-refractivity contribution is 5.71. The second kappa shape index (κ2) is 47.7. The van der Waals surface area contributed by atoms with Crippen molar-refractivity contribution in [3.05, 3.63) is 109 Å². The van der Waals surface area contributed by atoms with Crippen molar-refractivity contribution in [2.24, 2.45) is 0 Å². The van der Waals surface area contributed by atoms with E-state index < -0.39 is 6.10 Å². The van der Waals surface area contributed by atoms with Crippen molar-refractivity contribution in [1.29, 1.82) is 0 Å². The lowest BCUT2D eigenvalue weighted by molar-refractivity contribution is -0.167. The van der Waals surface area contributed by atoms with Crippen molar-refractivity contribution in [3.8, 4) is 0 Å². The maximum Gasteiger partial charge on any atom is 0.306 e. The summed E-state index contributed by atoms with van der Waals surface area (Å²) in [7, 11) is 0. The molecule has 6 nitrogen and oxygen atoms in total. The zero-order valence-electron chi connectivity index (χ0n) is 38.4.